The maximum Gasteiger partial charge on any atom is 0.272 e. The summed E-state index contributed by atoms with van der Waals surface area (Å²) >= 11 is 0. The van der Waals surface area contributed by atoms with E-state index in [9.17, 15) is 9.59 Å². The number of rotatable bonds is 6. The fourth-order valence-electron chi connectivity index (χ4n) is 3.43. The molecule has 1 unspecified atom stereocenters. The van der Waals surface area contributed by atoms with Gasteiger partial charge in [0.2, 0.25) is 5.91 Å². The first-order valence-corrected chi connectivity index (χ1v) is 10.2. The molecule has 7 heteroatoms. The Balaban J connectivity index is 2.40. The largest absolute Gasteiger partial charge is 0.357 e. The number of carbonyl (C=O) groups is 2. The van der Waals surface area contributed by atoms with Crippen molar-refractivity contribution in [1.82, 2.24) is 25.1 Å². The molecular weight excluding hydrogens is 354 g/mol. The van der Waals surface area contributed by atoms with Gasteiger partial charge in [0.1, 0.15) is 11.9 Å². The predicted octanol–water partition coefficient (Wildman–Crippen LogP) is 2.42. The molecule has 1 aliphatic rings. The third-order valence-corrected chi connectivity index (χ3v) is 5.03. The number of hydrogen-bond donors (Lipinski definition) is 2. The van der Waals surface area contributed by atoms with Gasteiger partial charge >= 0.3 is 0 Å². The van der Waals surface area contributed by atoms with Crippen molar-refractivity contribution in [2.45, 2.75) is 66.1 Å². The van der Waals surface area contributed by atoms with Crippen LogP contribution in [0.4, 0.5) is 0 Å². The summed E-state index contributed by atoms with van der Waals surface area (Å²) in [5, 5.41) is 5.57. The van der Waals surface area contributed by atoms with Gasteiger partial charge in [-0.3, -0.25) is 9.59 Å². The molecule has 0 radical (unpaired) electrons. The summed E-state index contributed by atoms with van der Waals surface area (Å²) in [7, 11) is 3.64. The molecule has 2 heterocycles. The Bertz CT molecular complexity index is 730. The molecule has 7 nitrogen and oxygen atoms in total. The highest BCUT2D eigenvalue weighted by molar-refractivity contribution is 5.97. The van der Waals surface area contributed by atoms with E-state index in [1.807, 2.05) is 26.8 Å². The van der Waals surface area contributed by atoms with Crippen LogP contribution in [0.25, 0.3) is 6.08 Å². The fourth-order valence-corrected chi connectivity index (χ4v) is 3.43. The van der Waals surface area contributed by atoms with Crippen LogP contribution < -0.4 is 10.6 Å². The second-order valence-corrected chi connectivity index (χ2v) is 8.59. The maximum atomic E-state index is 13.1. The first-order chi connectivity index (χ1) is 13.2. The van der Waals surface area contributed by atoms with Crippen LogP contribution in [0, 0.1) is 5.41 Å². The molecule has 0 aromatic carbocycles. The van der Waals surface area contributed by atoms with E-state index in [1.165, 1.54) is 0 Å². The number of unbranched alkanes of at least 4 members (excludes halogenated alkanes) is 1. The number of allylic oxidation sites excluding steroid dienone is 1. The molecule has 28 heavy (non-hydrogen) atoms. The van der Waals surface area contributed by atoms with Gasteiger partial charge in [-0.2, -0.15) is 0 Å². The highest BCUT2D eigenvalue weighted by atomic mass is 16.2. The second kappa shape index (κ2) is 9.37. The SMILES string of the molecule is CCCC=Cc1nc(C(=O)NC(C(=O)NC)C(C)(C)C)c2n1CCCN(C)C2. The van der Waals surface area contributed by atoms with Gasteiger partial charge in [-0.15, -0.1) is 0 Å². The number of fused-ring (bicyclic) bond motifs is 1. The van der Waals surface area contributed by atoms with Crippen molar-refractivity contribution in [1.29, 1.82) is 0 Å². The molecular formula is C21H35N5O2. The van der Waals surface area contributed by atoms with E-state index in [4.69, 9.17) is 0 Å². The summed E-state index contributed by atoms with van der Waals surface area (Å²) in [5.41, 5.74) is 0.925. The molecule has 0 fully saturated rings. The molecule has 2 amide bonds. The third kappa shape index (κ3) is 5.22. The summed E-state index contributed by atoms with van der Waals surface area (Å²) in [5.74, 6) is 0.320. The molecule has 2 rings (SSSR count). The number of hydrogen-bond acceptors (Lipinski definition) is 4. The molecule has 1 atom stereocenters. The third-order valence-electron chi connectivity index (χ3n) is 5.03. The van der Waals surface area contributed by atoms with E-state index < -0.39 is 11.5 Å². The van der Waals surface area contributed by atoms with Crippen LogP contribution in [-0.4, -0.2) is 52.9 Å². The summed E-state index contributed by atoms with van der Waals surface area (Å²) in [6.45, 7) is 10.4. The van der Waals surface area contributed by atoms with Crippen LogP contribution in [0.3, 0.4) is 0 Å². The number of aromatic nitrogens is 2. The van der Waals surface area contributed by atoms with Crippen LogP contribution >= 0.6 is 0 Å². The zero-order valence-electron chi connectivity index (χ0n) is 18.1. The number of likely N-dealkylation sites (N-methyl/N-ethyl adjacent to an activating group) is 1. The molecule has 1 aromatic heterocycles. The van der Waals surface area contributed by atoms with Crippen molar-refractivity contribution in [3.8, 4) is 0 Å². The Morgan fingerprint density at radius 2 is 2.00 bits per heavy atom. The quantitative estimate of drug-likeness (QED) is 0.783. The minimum absolute atomic E-state index is 0.202. The van der Waals surface area contributed by atoms with Crippen LogP contribution in [0.2, 0.25) is 0 Å². The average Bonchev–Trinajstić information content (AvgIpc) is 2.83. The highest BCUT2D eigenvalue weighted by Gasteiger charge is 2.34. The number of imidazole rings is 1. The van der Waals surface area contributed by atoms with Gasteiger partial charge in [0, 0.05) is 20.1 Å². The lowest BCUT2D eigenvalue weighted by Gasteiger charge is -2.29. The molecule has 0 saturated carbocycles. The van der Waals surface area contributed by atoms with Crippen molar-refractivity contribution in [3.05, 3.63) is 23.3 Å². The van der Waals surface area contributed by atoms with Crippen molar-refractivity contribution in [3.63, 3.8) is 0 Å². The topological polar surface area (TPSA) is 79.3 Å². The lowest BCUT2D eigenvalue weighted by Crippen LogP contribution is -2.53. The number of nitrogens with one attached hydrogen (secondary N) is 2. The van der Waals surface area contributed by atoms with E-state index in [0.717, 1.165) is 43.9 Å². The minimum Gasteiger partial charge on any atom is -0.357 e. The molecule has 0 spiro atoms. The standard InChI is InChI=1S/C21H35N5O2/c1-7-8-9-11-16-23-17(15-14-25(6)12-10-13-26(15)16)19(27)24-18(20(28)22-5)21(2,3)4/h9,11,18H,7-8,10,12-14H2,1-6H3,(H,22,28)(H,24,27). The van der Waals surface area contributed by atoms with Gasteiger partial charge in [-0.05, 0) is 37.9 Å². The summed E-state index contributed by atoms with van der Waals surface area (Å²) in [6.07, 6.45) is 7.17. The smallest absolute Gasteiger partial charge is 0.272 e. The highest BCUT2D eigenvalue weighted by Crippen LogP contribution is 2.23. The Morgan fingerprint density at radius 3 is 2.61 bits per heavy atom. The Hall–Kier alpha value is -2.15. The maximum absolute atomic E-state index is 13.1. The summed E-state index contributed by atoms with van der Waals surface area (Å²) in [6, 6.07) is -0.634. The van der Waals surface area contributed by atoms with Crippen LogP contribution in [0.5, 0.6) is 0 Å². The van der Waals surface area contributed by atoms with E-state index in [2.05, 4.69) is 45.1 Å². The predicted molar refractivity (Wildman–Crippen MR) is 112 cm³/mol. The fraction of sp³-hybridized carbons (Fsp3) is 0.667. The summed E-state index contributed by atoms with van der Waals surface area (Å²) < 4.78 is 2.15. The van der Waals surface area contributed by atoms with Crippen molar-refractivity contribution < 1.29 is 9.59 Å². The second-order valence-electron chi connectivity index (χ2n) is 8.59. The zero-order chi connectivity index (χ0) is 20.9. The lowest BCUT2D eigenvalue weighted by atomic mass is 9.86. The average molecular weight is 390 g/mol. The molecule has 0 aliphatic carbocycles. The molecule has 2 N–H and O–H groups in total. The Morgan fingerprint density at radius 1 is 1.29 bits per heavy atom. The van der Waals surface area contributed by atoms with Gasteiger partial charge in [0.25, 0.3) is 5.91 Å². The van der Waals surface area contributed by atoms with Crippen LogP contribution in [0.15, 0.2) is 6.08 Å². The first kappa shape index (κ1) is 22.1. The van der Waals surface area contributed by atoms with Gasteiger partial charge < -0.3 is 20.1 Å². The molecule has 156 valence electrons. The van der Waals surface area contributed by atoms with Crippen molar-refractivity contribution in [2.24, 2.45) is 5.41 Å². The Labute approximate surface area is 168 Å². The monoisotopic (exact) mass is 389 g/mol. The van der Waals surface area contributed by atoms with E-state index in [-0.39, 0.29) is 11.8 Å². The zero-order valence-corrected chi connectivity index (χ0v) is 18.1. The number of nitrogens with zero attached hydrogens (tertiary/aromatic N) is 3. The van der Waals surface area contributed by atoms with Crippen molar-refractivity contribution >= 4 is 17.9 Å². The van der Waals surface area contributed by atoms with E-state index >= 15 is 0 Å². The summed E-state index contributed by atoms with van der Waals surface area (Å²) in [4.78, 5) is 32.3. The normalized spacial score (nSPS) is 16.5. The first-order valence-electron chi connectivity index (χ1n) is 10.2. The van der Waals surface area contributed by atoms with Crippen LogP contribution in [0.1, 0.15) is 69.0 Å². The lowest BCUT2D eigenvalue weighted by molar-refractivity contribution is -0.124. The Kier molecular flexibility index (Phi) is 7.41. The van der Waals surface area contributed by atoms with Gasteiger partial charge in [0.05, 0.1) is 5.69 Å². The number of amides is 2. The van der Waals surface area contributed by atoms with Gasteiger partial charge in [-0.25, -0.2) is 4.98 Å². The molecule has 0 saturated heterocycles. The minimum atomic E-state index is -0.634. The van der Waals surface area contributed by atoms with Crippen molar-refractivity contribution in [2.75, 3.05) is 20.6 Å². The van der Waals surface area contributed by atoms with Crippen LogP contribution in [-0.2, 0) is 17.9 Å². The van der Waals surface area contributed by atoms with Gasteiger partial charge in [0.15, 0.2) is 5.69 Å². The molecule has 1 aliphatic heterocycles. The molecule has 0 bridgehead atoms. The van der Waals surface area contributed by atoms with E-state index in [1.54, 1.807) is 7.05 Å². The van der Waals surface area contributed by atoms with E-state index in [0.29, 0.717) is 12.2 Å². The van der Waals surface area contributed by atoms with Gasteiger partial charge in [-0.1, -0.05) is 40.2 Å². The molecule has 1 aromatic rings. The number of carbonyl (C=O) groups excluding carboxylic acids is 2.